The quantitative estimate of drug-likeness (QED) is 0.574. The molecule has 0 saturated heterocycles. The molecule has 11 heteroatoms. The van der Waals surface area contributed by atoms with Crippen molar-refractivity contribution >= 4 is 23.1 Å². The number of anilines is 1. The van der Waals surface area contributed by atoms with Crippen LogP contribution >= 0.6 is 12.2 Å². The Morgan fingerprint density at radius 3 is 2.41 bits per heavy atom. The molecule has 7 nitrogen and oxygen atoms in total. The summed E-state index contributed by atoms with van der Waals surface area (Å²) < 4.78 is 59.2. The Morgan fingerprint density at radius 2 is 1.82 bits per heavy atom. The minimum absolute atomic E-state index is 0.291. The number of thiocarbonyl (C=S) groups is 1. The average molecular weight is 499 g/mol. The zero-order valence-electron chi connectivity index (χ0n) is 19.1. The van der Waals surface area contributed by atoms with Gasteiger partial charge < -0.3 is 29.6 Å². The maximum Gasteiger partial charge on any atom is 0.422 e. The summed E-state index contributed by atoms with van der Waals surface area (Å²) in [7, 11) is 6.13. The highest BCUT2D eigenvalue weighted by Crippen LogP contribution is 2.50. The van der Waals surface area contributed by atoms with Gasteiger partial charge in [-0.1, -0.05) is 6.07 Å². The Hall–Kier alpha value is -3.21. The number of rotatable bonds is 6. The fourth-order valence-corrected chi connectivity index (χ4v) is 4.20. The zero-order valence-corrected chi connectivity index (χ0v) is 19.9. The predicted octanol–water partition coefficient (Wildman–Crippen LogP) is 4.22. The van der Waals surface area contributed by atoms with Crippen molar-refractivity contribution in [3.63, 3.8) is 0 Å². The number of aryl methyl sites for hydroxylation is 1. The van der Waals surface area contributed by atoms with Gasteiger partial charge in [-0.05, 0) is 59.9 Å². The van der Waals surface area contributed by atoms with E-state index in [-0.39, 0.29) is 5.43 Å². The topological polar surface area (TPSA) is 78.1 Å². The number of benzene rings is 1. The van der Waals surface area contributed by atoms with Crippen LogP contribution in [0.2, 0.25) is 0 Å². The van der Waals surface area contributed by atoms with Crippen LogP contribution in [0.4, 0.5) is 18.9 Å². The van der Waals surface area contributed by atoms with Crippen LogP contribution in [0.25, 0.3) is 11.1 Å². The lowest BCUT2D eigenvalue weighted by atomic mass is 9.95. The summed E-state index contributed by atoms with van der Waals surface area (Å²) in [4.78, 5) is 12.8. The molecule has 0 heterocycles. The number of ether oxygens (including phenoxy) is 4. The van der Waals surface area contributed by atoms with E-state index in [1.807, 2.05) is 6.07 Å². The fourth-order valence-electron chi connectivity index (χ4n) is 4.00. The molecule has 0 aliphatic heterocycles. The second-order valence-electron chi connectivity index (χ2n) is 7.48. The van der Waals surface area contributed by atoms with Gasteiger partial charge in [0.1, 0.15) is 0 Å². The molecule has 0 radical (unpaired) electrons. The smallest absolute Gasteiger partial charge is 0.422 e. The molecule has 184 valence electrons. The van der Waals surface area contributed by atoms with Crippen LogP contribution in [0.3, 0.4) is 0 Å². The first-order valence-electron chi connectivity index (χ1n) is 10.3. The first kappa shape index (κ1) is 25.4. The number of alkyl halides is 3. The summed E-state index contributed by atoms with van der Waals surface area (Å²) in [5.41, 5.74) is 2.78. The van der Waals surface area contributed by atoms with Crippen molar-refractivity contribution in [2.75, 3.05) is 40.3 Å². The summed E-state index contributed by atoms with van der Waals surface area (Å²) in [5, 5.41) is 5.29. The van der Waals surface area contributed by atoms with Gasteiger partial charge in [-0.25, -0.2) is 0 Å². The molecule has 0 saturated carbocycles. The highest BCUT2D eigenvalue weighted by molar-refractivity contribution is 7.80. The third kappa shape index (κ3) is 5.30. The first-order valence-corrected chi connectivity index (χ1v) is 10.7. The van der Waals surface area contributed by atoms with Gasteiger partial charge in [0.25, 0.3) is 5.17 Å². The van der Waals surface area contributed by atoms with Crippen LogP contribution in [0.1, 0.15) is 23.6 Å². The fraction of sp³-hybridized carbons (Fsp3) is 0.391. The molecule has 0 aromatic heterocycles. The van der Waals surface area contributed by atoms with Gasteiger partial charge in [-0.2, -0.15) is 13.2 Å². The summed E-state index contributed by atoms with van der Waals surface area (Å²) in [5.74, 6) is 1.27. The van der Waals surface area contributed by atoms with E-state index in [9.17, 15) is 18.0 Å². The van der Waals surface area contributed by atoms with Gasteiger partial charge in [-0.15, -0.1) is 0 Å². The third-order valence-electron chi connectivity index (χ3n) is 5.47. The molecule has 3 rings (SSSR count). The monoisotopic (exact) mass is 498 g/mol. The standard InChI is InChI=1S/C23H25F3N2O5S/c1-27-16-8-6-13-14(10-17(16)29)15(28-22(34)33-11-23(24,25)26)7-5-12-9-18(30-2)20(31-3)21(32-4)19(12)13/h6,8-10,15H,5,7,11H2,1-4H3,(H,27,29)(H,28,34)/t15-/m0/s1. The van der Waals surface area contributed by atoms with Crippen molar-refractivity contribution in [2.24, 2.45) is 0 Å². The first-order chi connectivity index (χ1) is 16.1. The van der Waals surface area contributed by atoms with Crippen molar-refractivity contribution < 1.29 is 32.1 Å². The molecule has 0 fully saturated rings. The lowest BCUT2D eigenvalue weighted by molar-refractivity contribution is -0.156. The van der Waals surface area contributed by atoms with Crippen LogP contribution in [-0.4, -0.2) is 46.3 Å². The highest BCUT2D eigenvalue weighted by Gasteiger charge is 2.31. The SMILES string of the molecule is CNc1ccc2c(cc1=O)[C@@H](NC(=S)OCC(F)(F)F)CCc1cc(OC)c(OC)c(OC)c1-2. The molecule has 0 unspecified atom stereocenters. The van der Waals surface area contributed by atoms with E-state index in [0.717, 1.165) is 5.56 Å². The Bertz CT molecular complexity index is 1140. The van der Waals surface area contributed by atoms with Crippen molar-refractivity contribution in [2.45, 2.75) is 25.1 Å². The minimum atomic E-state index is -4.53. The second-order valence-corrected chi connectivity index (χ2v) is 7.85. The van der Waals surface area contributed by atoms with Crippen LogP contribution in [0.5, 0.6) is 17.2 Å². The van der Waals surface area contributed by atoms with E-state index in [4.69, 9.17) is 31.2 Å². The van der Waals surface area contributed by atoms with Gasteiger partial charge >= 0.3 is 6.18 Å². The van der Waals surface area contributed by atoms with Crippen LogP contribution in [-0.2, 0) is 11.2 Å². The normalized spacial score (nSPS) is 14.7. The van der Waals surface area contributed by atoms with Crippen molar-refractivity contribution in [3.05, 3.63) is 45.6 Å². The van der Waals surface area contributed by atoms with Gasteiger partial charge in [0.15, 0.2) is 18.1 Å². The Morgan fingerprint density at radius 1 is 1.12 bits per heavy atom. The average Bonchev–Trinajstić information content (AvgIpc) is 3.04. The molecule has 1 aliphatic carbocycles. The Labute approximate surface area is 200 Å². The number of fused-ring (bicyclic) bond motifs is 3. The minimum Gasteiger partial charge on any atom is -0.493 e. The molecule has 2 N–H and O–H groups in total. The maximum atomic E-state index is 12.8. The molecule has 2 aromatic rings. The Kier molecular flexibility index (Phi) is 7.75. The summed E-state index contributed by atoms with van der Waals surface area (Å²) in [6, 6.07) is 6.06. The molecular formula is C23H25F3N2O5S. The van der Waals surface area contributed by atoms with Crippen molar-refractivity contribution in [1.29, 1.82) is 0 Å². The molecule has 0 amide bonds. The van der Waals surface area contributed by atoms with Crippen molar-refractivity contribution in [3.8, 4) is 28.4 Å². The van der Waals surface area contributed by atoms with E-state index in [2.05, 4.69) is 10.6 Å². The molecule has 0 bridgehead atoms. The Balaban J connectivity index is 2.21. The van der Waals surface area contributed by atoms with Crippen LogP contribution < -0.4 is 30.3 Å². The number of hydrogen-bond acceptors (Lipinski definition) is 7. The highest BCUT2D eigenvalue weighted by atomic mass is 32.1. The van der Waals surface area contributed by atoms with Gasteiger partial charge in [-0.3, -0.25) is 4.79 Å². The molecular weight excluding hydrogens is 473 g/mol. The number of methoxy groups -OCH3 is 3. The molecule has 2 aromatic carbocycles. The third-order valence-corrected chi connectivity index (χ3v) is 5.70. The maximum absolute atomic E-state index is 12.8. The lowest BCUT2D eigenvalue weighted by Gasteiger charge is -2.21. The lowest BCUT2D eigenvalue weighted by Crippen LogP contribution is -2.32. The second kappa shape index (κ2) is 10.4. The molecule has 1 aliphatic rings. The van der Waals surface area contributed by atoms with E-state index in [0.29, 0.717) is 52.5 Å². The number of hydrogen-bond donors (Lipinski definition) is 2. The largest absolute Gasteiger partial charge is 0.493 e. The van der Waals surface area contributed by atoms with E-state index in [1.165, 1.54) is 27.4 Å². The van der Waals surface area contributed by atoms with Crippen molar-refractivity contribution in [1.82, 2.24) is 5.32 Å². The molecule has 0 spiro atoms. The number of halogens is 3. The predicted molar refractivity (Wildman–Crippen MR) is 126 cm³/mol. The number of nitrogens with one attached hydrogen (secondary N) is 2. The molecule has 1 atom stereocenters. The summed E-state index contributed by atoms with van der Waals surface area (Å²) >= 11 is 5.01. The van der Waals surface area contributed by atoms with Gasteiger partial charge in [0.2, 0.25) is 11.2 Å². The molecule has 34 heavy (non-hydrogen) atoms. The van der Waals surface area contributed by atoms with E-state index in [1.54, 1.807) is 19.2 Å². The van der Waals surface area contributed by atoms with Crippen LogP contribution in [0.15, 0.2) is 29.1 Å². The van der Waals surface area contributed by atoms with Gasteiger partial charge in [0.05, 0.1) is 33.1 Å². The summed E-state index contributed by atoms with van der Waals surface area (Å²) in [6.07, 6.45) is -3.64. The van der Waals surface area contributed by atoms with Crippen LogP contribution in [0, 0.1) is 0 Å². The zero-order chi connectivity index (χ0) is 25.0. The summed E-state index contributed by atoms with van der Waals surface area (Å²) in [6.45, 7) is -1.51. The van der Waals surface area contributed by atoms with E-state index >= 15 is 0 Å². The van der Waals surface area contributed by atoms with Gasteiger partial charge in [0, 0.05) is 12.6 Å². The van der Waals surface area contributed by atoms with E-state index < -0.39 is 24.0 Å².